The van der Waals surface area contributed by atoms with E-state index in [2.05, 4.69) is 10.1 Å². The van der Waals surface area contributed by atoms with Gasteiger partial charge in [-0.3, -0.25) is 0 Å². The quantitative estimate of drug-likeness (QED) is 0.823. The van der Waals surface area contributed by atoms with Crippen molar-refractivity contribution in [1.82, 2.24) is 0 Å². The number of alkyl halides is 2. The minimum Gasteiger partial charge on any atom is -0.435 e. The van der Waals surface area contributed by atoms with Crippen LogP contribution in [-0.4, -0.2) is 6.61 Å². The third-order valence-electron chi connectivity index (χ3n) is 2.68. The third kappa shape index (κ3) is 3.34. The standard InChI is InChI=1S/C14H14F2N2O/c1-9-3-2-4-12(13(9)17)18-10-5-7-11(8-6-10)19-14(15)16/h2-8,14,18H,17H2,1H3. The molecular formula is C14H14F2N2O. The molecule has 0 spiro atoms. The lowest BCUT2D eigenvalue weighted by Crippen LogP contribution is -2.02. The molecule has 100 valence electrons. The average molecular weight is 264 g/mol. The molecule has 0 saturated carbocycles. The highest BCUT2D eigenvalue weighted by Crippen LogP contribution is 2.26. The van der Waals surface area contributed by atoms with Gasteiger partial charge in [0, 0.05) is 5.69 Å². The highest BCUT2D eigenvalue weighted by Gasteiger charge is 2.05. The molecule has 5 heteroatoms. The number of hydrogen-bond acceptors (Lipinski definition) is 3. The Morgan fingerprint density at radius 2 is 1.79 bits per heavy atom. The molecule has 3 nitrogen and oxygen atoms in total. The molecule has 0 fully saturated rings. The van der Waals surface area contributed by atoms with Crippen molar-refractivity contribution in [3.63, 3.8) is 0 Å². The number of para-hydroxylation sites is 1. The summed E-state index contributed by atoms with van der Waals surface area (Å²) in [7, 11) is 0. The molecule has 2 rings (SSSR count). The Balaban J connectivity index is 2.13. The van der Waals surface area contributed by atoms with E-state index in [-0.39, 0.29) is 5.75 Å². The Morgan fingerprint density at radius 3 is 2.42 bits per heavy atom. The van der Waals surface area contributed by atoms with E-state index in [9.17, 15) is 8.78 Å². The monoisotopic (exact) mass is 264 g/mol. The van der Waals surface area contributed by atoms with Gasteiger partial charge in [-0.2, -0.15) is 8.78 Å². The molecule has 0 amide bonds. The minimum atomic E-state index is -2.81. The fraction of sp³-hybridized carbons (Fsp3) is 0.143. The number of benzene rings is 2. The fourth-order valence-electron chi connectivity index (χ4n) is 1.66. The molecule has 0 unspecified atom stereocenters. The minimum absolute atomic E-state index is 0.123. The lowest BCUT2D eigenvalue weighted by molar-refractivity contribution is -0.0498. The molecule has 0 bridgehead atoms. The number of ether oxygens (including phenoxy) is 1. The molecule has 19 heavy (non-hydrogen) atoms. The van der Waals surface area contributed by atoms with Crippen molar-refractivity contribution >= 4 is 17.1 Å². The van der Waals surface area contributed by atoms with E-state index in [1.807, 2.05) is 25.1 Å². The van der Waals surface area contributed by atoms with Crippen LogP contribution in [0.15, 0.2) is 42.5 Å². The van der Waals surface area contributed by atoms with Crippen LogP contribution in [0, 0.1) is 6.92 Å². The summed E-state index contributed by atoms with van der Waals surface area (Å²) in [6.45, 7) is -0.897. The normalized spacial score (nSPS) is 10.5. The van der Waals surface area contributed by atoms with Crippen LogP contribution in [0.5, 0.6) is 5.75 Å². The van der Waals surface area contributed by atoms with Crippen LogP contribution in [0.25, 0.3) is 0 Å². The van der Waals surface area contributed by atoms with Crippen LogP contribution in [0.3, 0.4) is 0 Å². The van der Waals surface area contributed by atoms with Gasteiger partial charge < -0.3 is 15.8 Å². The number of nitrogens with one attached hydrogen (secondary N) is 1. The average Bonchev–Trinajstić information content (AvgIpc) is 2.37. The number of anilines is 3. The SMILES string of the molecule is Cc1cccc(Nc2ccc(OC(F)F)cc2)c1N. The lowest BCUT2D eigenvalue weighted by atomic mass is 10.1. The third-order valence-corrected chi connectivity index (χ3v) is 2.68. The van der Waals surface area contributed by atoms with Gasteiger partial charge in [0.15, 0.2) is 0 Å². The summed E-state index contributed by atoms with van der Waals surface area (Å²) < 4.78 is 28.3. The van der Waals surface area contributed by atoms with E-state index < -0.39 is 6.61 Å². The summed E-state index contributed by atoms with van der Waals surface area (Å²) in [6.07, 6.45) is 0. The van der Waals surface area contributed by atoms with Gasteiger partial charge in [0.1, 0.15) is 5.75 Å². The Hall–Kier alpha value is -2.30. The fourth-order valence-corrected chi connectivity index (χ4v) is 1.66. The molecule has 0 saturated heterocycles. The number of nitrogens with two attached hydrogens (primary N) is 1. The summed E-state index contributed by atoms with van der Waals surface area (Å²) in [5.41, 5.74) is 9.11. The maximum Gasteiger partial charge on any atom is 0.387 e. The molecule has 2 aromatic carbocycles. The van der Waals surface area contributed by atoms with E-state index in [4.69, 9.17) is 5.73 Å². The van der Waals surface area contributed by atoms with Gasteiger partial charge in [-0.05, 0) is 42.8 Å². The van der Waals surface area contributed by atoms with Gasteiger partial charge in [-0.15, -0.1) is 0 Å². The summed E-state index contributed by atoms with van der Waals surface area (Å²) in [5, 5.41) is 3.13. The largest absolute Gasteiger partial charge is 0.435 e. The highest BCUT2D eigenvalue weighted by atomic mass is 19.3. The van der Waals surface area contributed by atoms with Crippen molar-refractivity contribution in [1.29, 1.82) is 0 Å². The molecule has 0 aromatic heterocycles. The Kier molecular flexibility index (Phi) is 3.85. The van der Waals surface area contributed by atoms with E-state index in [0.717, 1.165) is 16.9 Å². The molecule has 0 radical (unpaired) electrons. The first-order valence-electron chi connectivity index (χ1n) is 5.73. The topological polar surface area (TPSA) is 47.3 Å². The maximum atomic E-state index is 12.0. The predicted octanol–water partition coefficient (Wildman–Crippen LogP) is 3.92. The van der Waals surface area contributed by atoms with Gasteiger partial charge in [-0.25, -0.2) is 0 Å². The number of halogens is 2. The van der Waals surface area contributed by atoms with Crippen LogP contribution in [0.1, 0.15) is 5.56 Å². The molecule has 0 atom stereocenters. The number of aryl methyl sites for hydroxylation is 1. The zero-order valence-corrected chi connectivity index (χ0v) is 10.4. The van der Waals surface area contributed by atoms with Gasteiger partial charge in [0.2, 0.25) is 0 Å². The summed E-state index contributed by atoms with van der Waals surface area (Å²) in [6, 6.07) is 11.9. The molecule has 0 aliphatic carbocycles. The Bertz CT molecular complexity index is 556. The number of rotatable bonds is 4. The Morgan fingerprint density at radius 1 is 1.11 bits per heavy atom. The van der Waals surface area contributed by atoms with E-state index in [0.29, 0.717) is 5.69 Å². The van der Waals surface area contributed by atoms with E-state index >= 15 is 0 Å². The molecule has 0 aliphatic rings. The Labute approximate surface area is 110 Å². The van der Waals surface area contributed by atoms with Crippen molar-refractivity contribution in [2.75, 3.05) is 11.1 Å². The molecule has 0 aliphatic heterocycles. The van der Waals surface area contributed by atoms with Crippen molar-refractivity contribution in [3.8, 4) is 5.75 Å². The van der Waals surface area contributed by atoms with Crippen molar-refractivity contribution in [3.05, 3.63) is 48.0 Å². The summed E-state index contributed by atoms with van der Waals surface area (Å²) >= 11 is 0. The maximum absolute atomic E-state index is 12.0. The van der Waals surface area contributed by atoms with Crippen molar-refractivity contribution < 1.29 is 13.5 Å². The highest BCUT2D eigenvalue weighted by molar-refractivity contribution is 5.75. The molecule has 3 N–H and O–H groups in total. The van der Waals surface area contributed by atoms with E-state index in [1.54, 1.807) is 12.1 Å². The second-order valence-electron chi connectivity index (χ2n) is 4.06. The zero-order chi connectivity index (χ0) is 13.8. The first kappa shape index (κ1) is 13.1. The summed E-state index contributed by atoms with van der Waals surface area (Å²) in [4.78, 5) is 0. The van der Waals surface area contributed by atoms with Crippen LogP contribution in [0.4, 0.5) is 25.8 Å². The van der Waals surface area contributed by atoms with Crippen LogP contribution in [0.2, 0.25) is 0 Å². The van der Waals surface area contributed by atoms with Crippen LogP contribution in [-0.2, 0) is 0 Å². The first-order chi connectivity index (χ1) is 9.06. The smallest absolute Gasteiger partial charge is 0.387 e. The zero-order valence-electron chi connectivity index (χ0n) is 10.4. The van der Waals surface area contributed by atoms with Crippen LogP contribution < -0.4 is 15.8 Å². The molecule has 2 aromatic rings. The molecular weight excluding hydrogens is 250 g/mol. The van der Waals surface area contributed by atoms with Crippen molar-refractivity contribution in [2.45, 2.75) is 13.5 Å². The number of nitrogen functional groups attached to an aromatic ring is 1. The van der Waals surface area contributed by atoms with E-state index in [1.165, 1.54) is 12.1 Å². The summed E-state index contributed by atoms with van der Waals surface area (Å²) in [5.74, 6) is 0.123. The second-order valence-corrected chi connectivity index (χ2v) is 4.06. The first-order valence-corrected chi connectivity index (χ1v) is 5.73. The van der Waals surface area contributed by atoms with Crippen LogP contribution >= 0.6 is 0 Å². The lowest BCUT2D eigenvalue weighted by Gasteiger charge is -2.11. The van der Waals surface area contributed by atoms with Gasteiger partial charge in [-0.1, -0.05) is 12.1 Å². The predicted molar refractivity (Wildman–Crippen MR) is 71.9 cm³/mol. The van der Waals surface area contributed by atoms with Crippen molar-refractivity contribution in [2.24, 2.45) is 0 Å². The van der Waals surface area contributed by atoms with Gasteiger partial charge >= 0.3 is 6.61 Å². The number of hydrogen-bond donors (Lipinski definition) is 2. The second kappa shape index (κ2) is 5.56. The van der Waals surface area contributed by atoms with Gasteiger partial charge in [0.05, 0.1) is 11.4 Å². The van der Waals surface area contributed by atoms with Gasteiger partial charge in [0.25, 0.3) is 0 Å². The molecule has 0 heterocycles.